The summed E-state index contributed by atoms with van der Waals surface area (Å²) in [6.45, 7) is 1.94. The minimum atomic E-state index is 0.755. The number of benzene rings is 1. The van der Waals surface area contributed by atoms with Crippen molar-refractivity contribution in [2.75, 3.05) is 14.2 Å². The zero-order valence-corrected chi connectivity index (χ0v) is 9.07. The Morgan fingerprint density at radius 2 is 2.00 bits per heavy atom. The summed E-state index contributed by atoms with van der Waals surface area (Å²) in [7, 11) is 3.22. The fourth-order valence-corrected chi connectivity index (χ4v) is 1.41. The zero-order valence-electron chi connectivity index (χ0n) is 9.07. The number of nitriles is 1. The molecule has 3 nitrogen and oxygen atoms in total. The summed E-state index contributed by atoms with van der Waals surface area (Å²) in [5.74, 6) is 1.52. The average Bonchev–Trinajstić information content (AvgIpc) is 2.25. The van der Waals surface area contributed by atoms with Crippen LogP contribution in [0.3, 0.4) is 0 Å². The maximum atomic E-state index is 8.48. The molecule has 1 rings (SSSR count). The number of hydrogen-bond acceptors (Lipinski definition) is 3. The van der Waals surface area contributed by atoms with Gasteiger partial charge in [0, 0.05) is 11.6 Å². The van der Waals surface area contributed by atoms with Gasteiger partial charge in [0.1, 0.15) is 11.5 Å². The first kappa shape index (κ1) is 11.1. The van der Waals surface area contributed by atoms with Crippen LogP contribution < -0.4 is 9.47 Å². The number of nitrogens with zero attached hydrogens (tertiary/aromatic N) is 1. The first-order valence-corrected chi connectivity index (χ1v) is 4.51. The van der Waals surface area contributed by atoms with E-state index in [1.54, 1.807) is 20.3 Å². The van der Waals surface area contributed by atoms with Crippen LogP contribution in [0.1, 0.15) is 11.1 Å². The monoisotopic (exact) mass is 203 g/mol. The van der Waals surface area contributed by atoms with E-state index < -0.39 is 0 Å². The van der Waals surface area contributed by atoms with Crippen molar-refractivity contribution in [3.05, 3.63) is 29.3 Å². The molecular weight excluding hydrogens is 190 g/mol. The standard InChI is InChI=1S/C12H13NO2/c1-9-7-11(14-2)8-10(5-4-6-13)12(9)15-3/h4-5,7-8H,1-3H3/b5-4+. The maximum absolute atomic E-state index is 8.48. The highest BCUT2D eigenvalue weighted by atomic mass is 16.5. The molecular formula is C12H13NO2. The Labute approximate surface area is 89.6 Å². The van der Waals surface area contributed by atoms with Crippen LogP contribution in [0.5, 0.6) is 11.5 Å². The summed E-state index contributed by atoms with van der Waals surface area (Å²) in [5.41, 5.74) is 1.82. The summed E-state index contributed by atoms with van der Waals surface area (Å²) in [6, 6.07) is 5.67. The molecule has 0 unspecified atom stereocenters. The first-order valence-electron chi connectivity index (χ1n) is 4.51. The van der Waals surface area contributed by atoms with Gasteiger partial charge in [0.2, 0.25) is 0 Å². The number of ether oxygens (including phenoxy) is 2. The number of methoxy groups -OCH3 is 2. The second-order valence-corrected chi connectivity index (χ2v) is 3.03. The highest BCUT2D eigenvalue weighted by molar-refractivity contribution is 5.63. The Hall–Kier alpha value is -1.95. The Bertz CT molecular complexity index is 416. The molecule has 1 aromatic carbocycles. The summed E-state index contributed by atoms with van der Waals surface area (Å²) in [4.78, 5) is 0. The number of rotatable bonds is 3. The van der Waals surface area contributed by atoms with Gasteiger partial charge in [-0.25, -0.2) is 0 Å². The second kappa shape index (κ2) is 5.06. The van der Waals surface area contributed by atoms with E-state index in [2.05, 4.69) is 0 Å². The third-order valence-electron chi connectivity index (χ3n) is 2.05. The molecule has 0 aliphatic heterocycles. The van der Waals surface area contributed by atoms with E-state index in [1.807, 2.05) is 25.1 Å². The van der Waals surface area contributed by atoms with E-state index >= 15 is 0 Å². The van der Waals surface area contributed by atoms with Crippen LogP contribution in [-0.2, 0) is 0 Å². The van der Waals surface area contributed by atoms with Crippen molar-refractivity contribution in [2.24, 2.45) is 0 Å². The number of hydrogen-bond donors (Lipinski definition) is 0. The predicted molar refractivity (Wildman–Crippen MR) is 58.9 cm³/mol. The van der Waals surface area contributed by atoms with Gasteiger partial charge >= 0.3 is 0 Å². The largest absolute Gasteiger partial charge is 0.497 e. The molecule has 0 atom stereocenters. The van der Waals surface area contributed by atoms with Crippen LogP contribution in [0.2, 0.25) is 0 Å². The normalized spacial score (nSPS) is 10.0. The van der Waals surface area contributed by atoms with E-state index in [0.717, 1.165) is 22.6 Å². The quantitative estimate of drug-likeness (QED) is 0.709. The molecule has 0 saturated heterocycles. The van der Waals surface area contributed by atoms with Gasteiger partial charge in [-0.05, 0) is 30.7 Å². The Morgan fingerprint density at radius 1 is 1.27 bits per heavy atom. The molecule has 0 N–H and O–H groups in total. The van der Waals surface area contributed by atoms with E-state index in [4.69, 9.17) is 14.7 Å². The molecule has 0 aliphatic rings. The molecule has 15 heavy (non-hydrogen) atoms. The summed E-state index contributed by atoms with van der Waals surface area (Å²) >= 11 is 0. The highest BCUT2D eigenvalue weighted by Gasteiger charge is 2.06. The second-order valence-electron chi connectivity index (χ2n) is 3.03. The molecule has 0 spiro atoms. The van der Waals surface area contributed by atoms with Gasteiger partial charge in [-0.15, -0.1) is 0 Å². The number of allylic oxidation sites excluding steroid dienone is 1. The van der Waals surface area contributed by atoms with Crippen LogP contribution in [0.25, 0.3) is 6.08 Å². The van der Waals surface area contributed by atoms with Gasteiger partial charge in [-0.1, -0.05) is 0 Å². The van der Waals surface area contributed by atoms with Gasteiger partial charge in [-0.2, -0.15) is 5.26 Å². The van der Waals surface area contributed by atoms with Crippen molar-refractivity contribution in [3.63, 3.8) is 0 Å². The van der Waals surface area contributed by atoms with Crippen LogP contribution in [-0.4, -0.2) is 14.2 Å². The molecule has 0 saturated carbocycles. The van der Waals surface area contributed by atoms with E-state index in [0.29, 0.717) is 0 Å². The zero-order chi connectivity index (χ0) is 11.3. The summed E-state index contributed by atoms with van der Waals surface area (Å²) < 4.78 is 10.4. The molecule has 0 amide bonds. The van der Waals surface area contributed by atoms with Crippen molar-refractivity contribution in [1.82, 2.24) is 0 Å². The molecule has 0 fully saturated rings. The molecule has 0 aliphatic carbocycles. The van der Waals surface area contributed by atoms with Crippen LogP contribution in [0.15, 0.2) is 18.2 Å². The van der Waals surface area contributed by atoms with Gasteiger partial charge in [-0.3, -0.25) is 0 Å². The smallest absolute Gasteiger partial charge is 0.129 e. The summed E-state index contributed by atoms with van der Waals surface area (Å²) in [5, 5.41) is 8.48. The van der Waals surface area contributed by atoms with Crippen molar-refractivity contribution in [3.8, 4) is 17.6 Å². The molecule has 0 radical (unpaired) electrons. The van der Waals surface area contributed by atoms with Gasteiger partial charge in [0.25, 0.3) is 0 Å². The van der Waals surface area contributed by atoms with Gasteiger partial charge in [0.05, 0.1) is 20.3 Å². The van der Waals surface area contributed by atoms with E-state index in [9.17, 15) is 0 Å². The van der Waals surface area contributed by atoms with Gasteiger partial charge < -0.3 is 9.47 Å². The van der Waals surface area contributed by atoms with E-state index in [1.165, 1.54) is 6.08 Å². The minimum Gasteiger partial charge on any atom is -0.497 e. The topological polar surface area (TPSA) is 42.2 Å². The fourth-order valence-electron chi connectivity index (χ4n) is 1.41. The lowest BCUT2D eigenvalue weighted by molar-refractivity contribution is 0.399. The third kappa shape index (κ3) is 2.50. The molecule has 0 aromatic heterocycles. The molecule has 3 heteroatoms. The fraction of sp³-hybridized carbons (Fsp3) is 0.250. The predicted octanol–water partition coefficient (Wildman–Crippen LogP) is 2.55. The first-order chi connectivity index (χ1) is 7.22. The molecule has 0 bridgehead atoms. The minimum absolute atomic E-state index is 0.755. The third-order valence-corrected chi connectivity index (χ3v) is 2.05. The SMILES string of the molecule is COc1cc(C)c(OC)c(/C=C/C#N)c1. The average molecular weight is 203 g/mol. The van der Waals surface area contributed by atoms with Crippen molar-refractivity contribution < 1.29 is 9.47 Å². The number of aryl methyl sites for hydroxylation is 1. The maximum Gasteiger partial charge on any atom is 0.129 e. The van der Waals surface area contributed by atoms with Crippen LogP contribution >= 0.6 is 0 Å². The van der Waals surface area contributed by atoms with Crippen molar-refractivity contribution in [1.29, 1.82) is 5.26 Å². The van der Waals surface area contributed by atoms with Crippen LogP contribution in [0, 0.1) is 18.3 Å². The highest BCUT2D eigenvalue weighted by Crippen LogP contribution is 2.29. The van der Waals surface area contributed by atoms with Crippen molar-refractivity contribution >= 4 is 6.08 Å². The molecule has 0 heterocycles. The Balaban J connectivity index is 3.26. The lowest BCUT2D eigenvalue weighted by atomic mass is 10.1. The van der Waals surface area contributed by atoms with Crippen molar-refractivity contribution in [2.45, 2.75) is 6.92 Å². The summed E-state index contributed by atoms with van der Waals surface area (Å²) in [6.07, 6.45) is 3.12. The lowest BCUT2D eigenvalue weighted by Crippen LogP contribution is -1.93. The lowest BCUT2D eigenvalue weighted by Gasteiger charge is -2.10. The molecule has 1 aromatic rings. The van der Waals surface area contributed by atoms with E-state index in [-0.39, 0.29) is 0 Å². The Kier molecular flexibility index (Phi) is 3.75. The molecule has 78 valence electrons. The van der Waals surface area contributed by atoms with Crippen LogP contribution in [0.4, 0.5) is 0 Å². The van der Waals surface area contributed by atoms with Gasteiger partial charge in [0.15, 0.2) is 0 Å². The Morgan fingerprint density at radius 3 is 2.53 bits per heavy atom.